The van der Waals surface area contributed by atoms with Crippen molar-refractivity contribution in [1.29, 1.82) is 0 Å². The van der Waals surface area contributed by atoms with Crippen LogP contribution in [-0.4, -0.2) is 39.5 Å². The highest BCUT2D eigenvalue weighted by molar-refractivity contribution is 5.85. The van der Waals surface area contributed by atoms with Crippen molar-refractivity contribution in [2.45, 2.75) is 38.4 Å². The molecule has 3 heterocycles. The quantitative estimate of drug-likeness (QED) is 0.848. The molecule has 19 heavy (non-hydrogen) atoms. The summed E-state index contributed by atoms with van der Waals surface area (Å²) >= 11 is 0. The van der Waals surface area contributed by atoms with Crippen molar-refractivity contribution >= 4 is 30.7 Å². The number of fused-ring (bicyclic) bond motifs is 1. The predicted molar refractivity (Wildman–Crippen MR) is 77.8 cm³/mol. The molecule has 0 bridgehead atoms. The zero-order valence-corrected chi connectivity index (χ0v) is 12.4. The van der Waals surface area contributed by atoms with Crippen molar-refractivity contribution in [2.24, 2.45) is 0 Å². The second kappa shape index (κ2) is 7.12. The fourth-order valence-electron chi connectivity index (χ4n) is 2.64. The molecular formula is C12H20Cl2N4O. The number of carbonyl (C=O) groups excluding carboxylic acids is 1. The van der Waals surface area contributed by atoms with Crippen LogP contribution in [-0.2, 0) is 17.9 Å². The average Bonchev–Trinajstić information content (AvgIpc) is 2.86. The Morgan fingerprint density at radius 2 is 2.16 bits per heavy atom. The molecule has 1 aromatic heterocycles. The van der Waals surface area contributed by atoms with Gasteiger partial charge < -0.3 is 14.8 Å². The largest absolute Gasteiger partial charge is 0.332 e. The van der Waals surface area contributed by atoms with E-state index in [1.54, 1.807) is 0 Å². The fourth-order valence-corrected chi connectivity index (χ4v) is 2.64. The Morgan fingerprint density at radius 1 is 1.32 bits per heavy atom. The fraction of sp³-hybridized carbons (Fsp3) is 0.667. The lowest BCUT2D eigenvalue weighted by molar-refractivity contribution is -0.135. The highest BCUT2D eigenvalue weighted by Crippen LogP contribution is 2.15. The zero-order chi connectivity index (χ0) is 11.7. The molecule has 2 aliphatic heterocycles. The van der Waals surface area contributed by atoms with Gasteiger partial charge in [0.25, 0.3) is 0 Å². The lowest BCUT2D eigenvalue weighted by Crippen LogP contribution is -2.50. The average molecular weight is 307 g/mol. The van der Waals surface area contributed by atoms with Gasteiger partial charge in [0.05, 0.1) is 12.6 Å². The van der Waals surface area contributed by atoms with Gasteiger partial charge in [-0.05, 0) is 19.4 Å². The summed E-state index contributed by atoms with van der Waals surface area (Å²) in [7, 11) is 0. The summed E-state index contributed by atoms with van der Waals surface area (Å²) < 4.78 is 2.12. The number of hydrogen-bond donors (Lipinski definition) is 1. The molecule has 0 spiro atoms. The summed E-state index contributed by atoms with van der Waals surface area (Å²) in [4.78, 5) is 18.5. The van der Waals surface area contributed by atoms with Gasteiger partial charge in [0.15, 0.2) is 0 Å². The first-order valence-corrected chi connectivity index (χ1v) is 6.37. The van der Waals surface area contributed by atoms with Crippen LogP contribution in [0.3, 0.4) is 0 Å². The number of halogens is 2. The first-order valence-electron chi connectivity index (χ1n) is 6.37. The molecule has 5 nitrogen and oxygen atoms in total. The summed E-state index contributed by atoms with van der Waals surface area (Å²) in [5.41, 5.74) is 0. The van der Waals surface area contributed by atoms with Gasteiger partial charge in [-0.2, -0.15) is 0 Å². The molecule has 0 aliphatic carbocycles. The van der Waals surface area contributed by atoms with Crippen molar-refractivity contribution < 1.29 is 4.79 Å². The minimum absolute atomic E-state index is 0. The third-order valence-electron chi connectivity index (χ3n) is 3.66. The van der Waals surface area contributed by atoms with Gasteiger partial charge in [-0.1, -0.05) is 6.42 Å². The number of carbonyl (C=O) groups is 1. The van der Waals surface area contributed by atoms with Crippen molar-refractivity contribution in [3.05, 3.63) is 18.2 Å². The summed E-state index contributed by atoms with van der Waals surface area (Å²) in [6.07, 6.45) is 7.11. The van der Waals surface area contributed by atoms with Crippen molar-refractivity contribution in [2.75, 3.05) is 13.1 Å². The minimum atomic E-state index is 0. The topological polar surface area (TPSA) is 50.2 Å². The summed E-state index contributed by atoms with van der Waals surface area (Å²) in [5, 5.41) is 3.32. The Hall–Kier alpha value is -0.780. The third kappa shape index (κ3) is 3.41. The molecule has 2 aliphatic rings. The van der Waals surface area contributed by atoms with Gasteiger partial charge in [0, 0.05) is 25.5 Å². The Labute approximate surface area is 125 Å². The zero-order valence-electron chi connectivity index (χ0n) is 10.7. The molecule has 3 rings (SSSR count). The summed E-state index contributed by atoms with van der Waals surface area (Å²) in [6, 6.07) is 0.0327. The van der Waals surface area contributed by atoms with Gasteiger partial charge in [0.2, 0.25) is 5.91 Å². The molecule has 1 aromatic rings. The second-order valence-electron chi connectivity index (χ2n) is 4.80. The molecule has 1 fully saturated rings. The molecule has 0 saturated carbocycles. The molecule has 1 N–H and O–H groups in total. The Morgan fingerprint density at radius 3 is 2.89 bits per heavy atom. The normalized spacial score (nSPS) is 21.9. The maximum Gasteiger partial charge on any atom is 0.240 e. The van der Waals surface area contributed by atoms with E-state index < -0.39 is 0 Å². The van der Waals surface area contributed by atoms with E-state index in [1.807, 2.05) is 17.3 Å². The maximum absolute atomic E-state index is 12.3. The number of aromatic nitrogens is 2. The first kappa shape index (κ1) is 16.3. The molecule has 0 radical (unpaired) electrons. The number of amides is 1. The van der Waals surface area contributed by atoms with Gasteiger partial charge in [-0.3, -0.25) is 4.79 Å². The molecule has 7 heteroatoms. The SMILES string of the molecule is Cl.Cl.O=C(C1CCCCN1)N1CCn2ccnc2C1. The van der Waals surface area contributed by atoms with E-state index in [-0.39, 0.29) is 36.8 Å². The van der Waals surface area contributed by atoms with E-state index in [0.717, 1.165) is 38.3 Å². The molecule has 1 atom stereocenters. The first-order chi connectivity index (χ1) is 8.34. The van der Waals surface area contributed by atoms with Crippen LogP contribution in [0.1, 0.15) is 25.1 Å². The number of imidazole rings is 1. The predicted octanol–water partition coefficient (Wildman–Crippen LogP) is 1.21. The lowest BCUT2D eigenvalue weighted by Gasteiger charge is -2.32. The van der Waals surface area contributed by atoms with Crippen LogP contribution in [0.2, 0.25) is 0 Å². The lowest BCUT2D eigenvalue weighted by atomic mass is 10.0. The van der Waals surface area contributed by atoms with Crippen LogP contribution >= 0.6 is 24.8 Å². The number of rotatable bonds is 1. The van der Waals surface area contributed by atoms with E-state index in [2.05, 4.69) is 14.9 Å². The smallest absolute Gasteiger partial charge is 0.240 e. The maximum atomic E-state index is 12.3. The molecule has 1 saturated heterocycles. The van der Waals surface area contributed by atoms with Gasteiger partial charge in [-0.15, -0.1) is 24.8 Å². The van der Waals surface area contributed by atoms with E-state index >= 15 is 0 Å². The van der Waals surface area contributed by atoms with Gasteiger partial charge >= 0.3 is 0 Å². The number of nitrogens with zero attached hydrogens (tertiary/aromatic N) is 3. The molecular weight excluding hydrogens is 287 g/mol. The second-order valence-corrected chi connectivity index (χ2v) is 4.80. The highest BCUT2D eigenvalue weighted by Gasteiger charge is 2.28. The molecule has 0 aromatic carbocycles. The van der Waals surface area contributed by atoms with Crippen LogP contribution < -0.4 is 5.32 Å². The monoisotopic (exact) mass is 306 g/mol. The van der Waals surface area contributed by atoms with Crippen molar-refractivity contribution in [3.8, 4) is 0 Å². The third-order valence-corrected chi connectivity index (χ3v) is 3.66. The number of piperidine rings is 1. The van der Waals surface area contributed by atoms with Crippen LogP contribution in [0, 0.1) is 0 Å². The minimum Gasteiger partial charge on any atom is -0.332 e. The Balaban J connectivity index is 0.000000902. The molecule has 1 unspecified atom stereocenters. The van der Waals surface area contributed by atoms with Crippen molar-refractivity contribution in [3.63, 3.8) is 0 Å². The van der Waals surface area contributed by atoms with Crippen LogP contribution in [0.15, 0.2) is 12.4 Å². The van der Waals surface area contributed by atoms with E-state index in [1.165, 1.54) is 6.42 Å². The summed E-state index contributed by atoms with van der Waals surface area (Å²) in [5.74, 6) is 1.25. The van der Waals surface area contributed by atoms with Crippen LogP contribution in [0.25, 0.3) is 0 Å². The highest BCUT2D eigenvalue weighted by atomic mass is 35.5. The number of hydrogen-bond acceptors (Lipinski definition) is 3. The molecule has 108 valence electrons. The van der Waals surface area contributed by atoms with Crippen LogP contribution in [0.4, 0.5) is 0 Å². The van der Waals surface area contributed by atoms with Gasteiger partial charge in [-0.25, -0.2) is 4.98 Å². The number of nitrogens with one attached hydrogen (secondary N) is 1. The standard InChI is InChI=1S/C12H18N4O.2ClH/c17-12(10-3-1-2-4-13-10)16-8-7-15-6-5-14-11(15)9-16;;/h5-6,10,13H,1-4,7-9H2;2*1H. The van der Waals surface area contributed by atoms with E-state index in [9.17, 15) is 4.79 Å². The van der Waals surface area contributed by atoms with Crippen LogP contribution in [0.5, 0.6) is 0 Å². The van der Waals surface area contributed by atoms with E-state index in [0.29, 0.717) is 6.54 Å². The van der Waals surface area contributed by atoms with Crippen molar-refractivity contribution in [1.82, 2.24) is 19.8 Å². The van der Waals surface area contributed by atoms with Gasteiger partial charge in [0.1, 0.15) is 5.82 Å². The summed E-state index contributed by atoms with van der Waals surface area (Å²) in [6.45, 7) is 3.30. The Bertz CT molecular complexity index is 418. The molecule has 1 amide bonds. The van der Waals surface area contributed by atoms with E-state index in [4.69, 9.17) is 0 Å². The Kier molecular flexibility index (Phi) is 6.10.